The van der Waals surface area contributed by atoms with Gasteiger partial charge in [-0.3, -0.25) is 9.80 Å². The Kier molecular flexibility index (Phi) is 6.17. The van der Waals surface area contributed by atoms with Gasteiger partial charge in [-0.1, -0.05) is 35.4 Å². The summed E-state index contributed by atoms with van der Waals surface area (Å²) in [5, 5.41) is 0. The number of hydrogen-bond donors (Lipinski definition) is 0. The van der Waals surface area contributed by atoms with E-state index in [1.807, 2.05) is 0 Å². The van der Waals surface area contributed by atoms with E-state index in [1.165, 1.54) is 22.3 Å². The molecule has 4 nitrogen and oxygen atoms in total. The lowest BCUT2D eigenvalue weighted by atomic mass is 10.1. The van der Waals surface area contributed by atoms with Crippen molar-refractivity contribution in [1.82, 2.24) is 9.80 Å². The van der Waals surface area contributed by atoms with Gasteiger partial charge in [-0.05, 0) is 51.0 Å². The van der Waals surface area contributed by atoms with Crippen LogP contribution in [0.25, 0.3) is 0 Å². The maximum atomic E-state index is 6.00. The van der Waals surface area contributed by atoms with Crippen LogP contribution >= 0.6 is 0 Å². The van der Waals surface area contributed by atoms with E-state index in [-0.39, 0.29) is 0 Å². The zero-order chi connectivity index (χ0) is 18.5. The van der Waals surface area contributed by atoms with Gasteiger partial charge in [0.15, 0.2) is 0 Å². The summed E-state index contributed by atoms with van der Waals surface area (Å²) in [7, 11) is 0. The molecule has 1 aliphatic rings. The second-order valence-electron chi connectivity index (χ2n) is 7.32. The average molecular weight is 354 g/mol. The van der Waals surface area contributed by atoms with Gasteiger partial charge in [0, 0.05) is 26.2 Å². The van der Waals surface area contributed by atoms with Gasteiger partial charge in [0.05, 0.1) is 0 Å². The molecule has 0 aliphatic carbocycles. The summed E-state index contributed by atoms with van der Waals surface area (Å²) in [6, 6.07) is 12.7. The number of aryl methyl sites for hydroxylation is 4. The third-order valence-corrected chi connectivity index (χ3v) is 4.93. The Labute approximate surface area is 157 Å². The number of piperazine rings is 1. The van der Waals surface area contributed by atoms with Gasteiger partial charge in [0.2, 0.25) is 0 Å². The van der Waals surface area contributed by atoms with E-state index < -0.39 is 0 Å². The van der Waals surface area contributed by atoms with Crippen molar-refractivity contribution in [1.29, 1.82) is 0 Å². The van der Waals surface area contributed by atoms with Crippen molar-refractivity contribution < 1.29 is 9.47 Å². The molecular formula is C22H30N2O2. The summed E-state index contributed by atoms with van der Waals surface area (Å²) in [4.78, 5) is 4.71. The monoisotopic (exact) mass is 354 g/mol. The summed E-state index contributed by atoms with van der Waals surface area (Å²) < 4.78 is 12.0. The molecule has 0 unspecified atom stereocenters. The SMILES string of the molecule is Cc1ccc(OCN2CCN(COc3ccc(C)cc3C)CC2)c(C)c1. The van der Waals surface area contributed by atoms with Gasteiger partial charge in [-0.25, -0.2) is 0 Å². The first-order valence-corrected chi connectivity index (χ1v) is 9.36. The van der Waals surface area contributed by atoms with Crippen molar-refractivity contribution in [3.8, 4) is 11.5 Å². The highest BCUT2D eigenvalue weighted by Gasteiger charge is 2.17. The molecule has 3 rings (SSSR count). The van der Waals surface area contributed by atoms with Crippen LogP contribution in [0.1, 0.15) is 22.3 Å². The molecule has 0 amide bonds. The Morgan fingerprint density at radius 2 is 1.04 bits per heavy atom. The maximum Gasteiger partial charge on any atom is 0.142 e. The quantitative estimate of drug-likeness (QED) is 0.785. The summed E-state index contributed by atoms with van der Waals surface area (Å²) in [5.41, 5.74) is 4.94. The van der Waals surface area contributed by atoms with Crippen LogP contribution in [-0.4, -0.2) is 49.4 Å². The lowest BCUT2D eigenvalue weighted by molar-refractivity contribution is 0.0328. The van der Waals surface area contributed by atoms with Crippen LogP contribution in [0.2, 0.25) is 0 Å². The summed E-state index contributed by atoms with van der Waals surface area (Å²) in [6.07, 6.45) is 0. The molecule has 1 saturated heterocycles. The Morgan fingerprint density at radius 1 is 0.654 bits per heavy atom. The molecule has 0 atom stereocenters. The molecule has 0 saturated carbocycles. The number of ether oxygens (including phenoxy) is 2. The summed E-state index contributed by atoms with van der Waals surface area (Å²) in [5.74, 6) is 1.97. The van der Waals surface area contributed by atoms with E-state index in [1.54, 1.807) is 0 Å². The standard InChI is InChI=1S/C22H30N2O2/c1-17-5-7-21(19(3)13-17)25-15-23-9-11-24(12-10-23)16-26-22-8-6-18(2)14-20(22)4/h5-8,13-14H,9-12,15-16H2,1-4H3. The highest BCUT2D eigenvalue weighted by Crippen LogP contribution is 2.20. The summed E-state index contributed by atoms with van der Waals surface area (Å²) in [6.45, 7) is 13.7. The van der Waals surface area contributed by atoms with Crippen molar-refractivity contribution in [3.05, 3.63) is 58.7 Å². The molecule has 4 heteroatoms. The second kappa shape index (κ2) is 8.56. The normalized spacial score (nSPS) is 15.8. The molecule has 1 fully saturated rings. The third kappa shape index (κ3) is 4.99. The van der Waals surface area contributed by atoms with Crippen LogP contribution in [0.5, 0.6) is 11.5 Å². The van der Waals surface area contributed by atoms with Gasteiger partial charge in [-0.2, -0.15) is 0 Å². The van der Waals surface area contributed by atoms with Gasteiger partial charge in [0.25, 0.3) is 0 Å². The molecular weight excluding hydrogens is 324 g/mol. The van der Waals surface area contributed by atoms with Crippen LogP contribution in [0, 0.1) is 27.7 Å². The minimum atomic E-state index is 0.648. The zero-order valence-corrected chi connectivity index (χ0v) is 16.4. The Bertz CT molecular complexity index is 673. The van der Waals surface area contributed by atoms with Crippen LogP contribution < -0.4 is 9.47 Å². The van der Waals surface area contributed by atoms with Gasteiger partial charge in [0.1, 0.15) is 25.0 Å². The maximum absolute atomic E-state index is 6.00. The first-order chi connectivity index (χ1) is 12.5. The Balaban J connectivity index is 1.41. The van der Waals surface area contributed by atoms with Crippen molar-refractivity contribution >= 4 is 0 Å². The third-order valence-electron chi connectivity index (χ3n) is 4.93. The van der Waals surface area contributed by atoms with E-state index >= 15 is 0 Å². The van der Waals surface area contributed by atoms with Crippen LogP contribution in [0.15, 0.2) is 36.4 Å². The largest absolute Gasteiger partial charge is 0.478 e. The van der Waals surface area contributed by atoms with Crippen molar-refractivity contribution in [3.63, 3.8) is 0 Å². The highest BCUT2D eigenvalue weighted by molar-refractivity contribution is 5.36. The summed E-state index contributed by atoms with van der Waals surface area (Å²) >= 11 is 0. The predicted octanol–water partition coefficient (Wildman–Crippen LogP) is 3.91. The molecule has 2 aromatic rings. The molecule has 0 radical (unpaired) electrons. The fraction of sp³-hybridized carbons (Fsp3) is 0.455. The van der Waals surface area contributed by atoms with Crippen molar-refractivity contribution in [2.45, 2.75) is 27.7 Å². The molecule has 26 heavy (non-hydrogen) atoms. The fourth-order valence-corrected chi connectivity index (χ4v) is 3.29. The van der Waals surface area contributed by atoms with Crippen molar-refractivity contribution in [2.75, 3.05) is 39.6 Å². The number of nitrogens with zero attached hydrogens (tertiary/aromatic N) is 2. The van der Waals surface area contributed by atoms with Crippen LogP contribution in [0.3, 0.4) is 0 Å². The first kappa shape index (κ1) is 18.7. The van der Waals surface area contributed by atoms with Crippen LogP contribution in [0.4, 0.5) is 0 Å². The molecule has 0 aromatic heterocycles. The smallest absolute Gasteiger partial charge is 0.142 e. The first-order valence-electron chi connectivity index (χ1n) is 9.36. The molecule has 0 spiro atoms. The van der Waals surface area contributed by atoms with Crippen molar-refractivity contribution in [2.24, 2.45) is 0 Å². The van der Waals surface area contributed by atoms with E-state index in [0.29, 0.717) is 13.5 Å². The van der Waals surface area contributed by atoms with Gasteiger partial charge in [-0.15, -0.1) is 0 Å². The van der Waals surface area contributed by atoms with E-state index in [0.717, 1.165) is 37.7 Å². The lowest BCUT2D eigenvalue weighted by Crippen LogP contribution is -2.48. The highest BCUT2D eigenvalue weighted by atomic mass is 16.5. The molecule has 1 heterocycles. The molecule has 1 aliphatic heterocycles. The van der Waals surface area contributed by atoms with Gasteiger partial charge < -0.3 is 9.47 Å². The van der Waals surface area contributed by atoms with E-state index in [2.05, 4.69) is 73.9 Å². The number of rotatable bonds is 6. The fourth-order valence-electron chi connectivity index (χ4n) is 3.29. The zero-order valence-electron chi connectivity index (χ0n) is 16.4. The second-order valence-corrected chi connectivity index (χ2v) is 7.32. The number of benzene rings is 2. The average Bonchev–Trinajstić information content (AvgIpc) is 2.61. The van der Waals surface area contributed by atoms with Crippen LogP contribution in [-0.2, 0) is 0 Å². The lowest BCUT2D eigenvalue weighted by Gasteiger charge is -2.34. The minimum absolute atomic E-state index is 0.648. The predicted molar refractivity (Wildman–Crippen MR) is 106 cm³/mol. The van der Waals surface area contributed by atoms with E-state index in [9.17, 15) is 0 Å². The Hall–Kier alpha value is -2.04. The number of hydrogen-bond acceptors (Lipinski definition) is 4. The van der Waals surface area contributed by atoms with E-state index in [4.69, 9.17) is 9.47 Å². The van der Waals surface area contributed by atoms with Gasteiger partial charge >= 0.3 is 0 Å². The molecule has 0 N–H and O–H groups in total. The molecule has 0 bridgehead atoms. The topological polar surface area (TPSA) is 24.9 Å². The minimum Gasteiger partial charge on any atom is -0.478 e. The molecule has 2 aromatic carbocycles. The Morgan fingerprint density at radius 3 is 1.38 bits per heavy atom. The molecule has 140 valence electrons.